The molecule has 2 atom stereocenters. The number of rotatable bonds is 3. The van der Waals surface area contributed by atoms with Crippen molar-refractivity contribution >= 4 is 5.78 Å². The lowest BCUT2D eigenvalue weighted by Crippen LogP contribution is -2.25. The second kappa shape index (κ2) is 6.93. The van der Waals surface area contributed by atoms with Gasteiger partial charge in [0.2, 0.25) is 0 Å². The normalized spacial score (nSPS) is 21.1. The van der Waals surface area contributed by atoms with Crippen molar-refractivity contribution in [3.8, 4) is 0 Å². The summed E-state index contributed by atoms with van der Waals surface area (Å²) in [5, 5.41) is 0. The van der Waals surface area contributed by atoms with Gasteiger partial charge < -0.3 is 0 Å². The van der Waals surface area contributed by atoms with Gasteiger partial charge in [-0.05, 0) is 86.3 Å². The van der Waals surface area contributed by atoms with Gasteiger partial charge in [-0.1, -0.05) is 36.4 Å². The molecule has 0 heterocycles. The summed E-state index contributed by atoms with van der Waals surface area (Å²) in [6.45, 7) is 8.63. The van der Waals surface area contributed by atoms with E-state index in [2.05, 4.69) is 64.1 Å². The summed E-state index contributed by atoms with van der Waals surface area (Å²) in [7, 11) is 0. The van der Waals surface area contributed by atoms with E-state index in [9.17, 15) is 4.79 Å². The molecule has 3 rings (SSSR count). The molecule has 126 valence electrons. The smallest absolute Gasteiger partial charge is 0.136 e. The Morgan fingerprint density at radius 3 is 2.21 bits per heavy atom. The fourth-order valence-corrected chi connectivity index (χ4v) is 3.85. The molecule has 0 radical (unpaired) electrons. The molecule has 1 fully saturated rings. The van der Waals surface area contributed by atoms with Gasteiger partial charge in [-0.15, -0.1) is 0 Å². The fourth-order valence-electron chi connectivity index (χ4n) is 3.85. The third-order valence-corrected chi connectivity index (χ3v) is 5.82. The summed E-state index contributed by atoms with van der Waals surface area (Å²) in [4.78, 5) is 12.4. The lowest BCUT2D eigenvalue weighted by molar-refractivity contribution is -0.124. The van der Waals surface area contributed by atoms with Gasteiger partial charge in [0.1, 0.15) is 5.78 Å². The van der Waals surface area contributed by atoms with E-state index in [0.29, 0.717) is 11.7 Å². The highest BCUT2D eigenvalue weighted by Crippen LogP contribution is 2.36. The van der Waals surface area contributed by atoms with Crippen molar-refractivity contribution in [3.63, 3.8) is 0 Å². The number of benzene rings is 2. The number of hydrogen-bond donors (Lipinski definition) is 0. The van der Waals surface area contributed by atoms with Crippen LogP contribution in [-0.2, 0) is 11.2 Å². The van der Waals surface area contributed by atoms with Gasteiger partial charge in [0.15, 0.2) is 0 Å². The Morgan fingerprint density at radius 2 is 1.54 bits per heavy atom. The summed E-state index contributed by atoms with van der Waals surface area (Å²) in [5.41, 5.74) is 8.06. The van der Waals surface area contributed by atoms with Gasteiger partial charge in [0.05, 0.1) is 0 Å². The van der Waals surface area contributed by atoms with Crippen molar-refractivity contribution in [2.45, 2.75) is 59.3 Å². The van der Waals surface area contributed by atoms with Crippen LogP contribution in [-0.4, -0.2) is 5.78 Å². The van der Waals surface area contributed by atoms with E-state index in [4.69, 9.17) is 0 Å². The van der Waals surface area contributed by atoms with Gasteiger partial charge in [-0.25, -0.2) is 0 Å². The Labute approximate surface area is 146 Å². The van der Waals surface area contributed by atoms with Crippen molar-refractivity contribution in [1.82, 2.24) is 0 Å². The molecule has 0 N–H and O–H groups in total. The van der Waals surface area contributed by atoms with Gasteiger partial charge in [0.25, 0.3) is 0 Å². The van der Waals surface area contributed by atoms with E-state index >= 15 is 0 Å². The van der Waals surface area contributed by atoms with E-state index in [1.165, 1.54) is 33.4 Å². The Bertz CT molecular complexity index is 757. The first-order valence-corrected chi connectivity index (χ1v) is 9.10. The summed E-state index contributed by atoms with van der Waals surface area (Å²) >= 11 is 0. The zero-order valence-electron chi connectivity index (χ0n) is 15.4. The second-order valence-electron chi connectivity index (χ2n) is 7.60. The molecule has 0 aromatic heterocycles. The van der Waals surface area contributed by atoms with Crippen LogP contribution < -0.4 is 0 Å². The fraction of sp³-hybridized carbons (Fsp3) is 0.435. The molecule has 0 amide bonds. The number of aryl methyl sites for hydroxylation is 4. The van der Waals surface area contributed by atoms with Crippen molar-refractivity contribution in [2.75, 3.05) is 0 Å². The molecule has 2 aromatic rings. The molecule has 1 aliphatic rings. The predicted octanol–water partition coefficient (Wildman–Crippen LogP) is 5.62. The minimum Gasteiger partial charge on any atom is -0.299 e. The Hall–Kier alpha value is -1.89. The SMILES string of the molecule is Cc1ccc(C[C@@H]2C[C@@H](c3ccc(C)c(C)c3)CCC2=O)cc1C. The first-order chi connectivity index (χ1) is 11.4. The van der Waals surface area contributed by atoms with Crippen LogP contribution in [0.4, 0.5) is 0 Å². The summed E-state index contributed by atoms with van der Waals surface area (Å²) in [5.74, 6) is 1.15. The lowest BCUT2D eigenvalue weighted by atomic mass is 9.74. The minimum atomic E-state index is 0.174. The quantitative estimate of drug-likeness (QED) is 0.718. The Balaban J connectivity index is 1.76. The molecule has 0 saturated heterocycles. The molecule has 1 aliphatic carbocycles. The number of carbonyl (C=O) groups excluding carboxylic acids is 1. The maximum absolute atomic E-state index is 12.4. The highest BCUT2D eigenvalue weighted by molar-refractivity contribution is 5.82. The minimum absolute atomic E-state index is 0.174. The van der Waals surface area contributed by atoms with Crippen LogP contribution in [0.2, 0.25) is 0 Å². The first kappa shape index (κ1) is 17.0. The molecule has 1 saturated carbocycles. The van der Waals surface area contributed by atoms with Crippen LogP contribution >= 0.6 is 0 Å². The maximum atomic E-state index is 12.4. The molecule has 0 unspecified atom stereocenters. The van der Waals surface area contributed by atoms with Gasteiger partial charge in [-0.2, -0.15) is 0 Å². The van der Waals surface area contributed by atoms with Crippen LogP contribution in [0, 0.1) is 33.6 Å². The summed E-state index contributed by atoms with van der Waals surface area (Å²) in [6, 6.07) is 13.4. The number of carbonyl (C=O) groups is 1. The highest BCUT2D eigenvalue weighted by atomic mass is 16.1. The van der Waals surface area contributed by atoms with Crippen molar-refractivity contribution in [2.24, 2.45) is 5.92 Å². The molecule has 24 heavy (non-hydrogen) atoms. The average Bonchev–Trinajstić information content (AvgIpc) is 2.56. The Kier molecular flexibility index (Phi) is 4.89. The monoisotopic (exact) mass is 320 g/mol. The topological polar surface area (TPSA) is 17.1 Å². The van der Waals surface area contributed by atoms with Crippen molar-refractivity contribution in [1.29, 1.82) is 0 Å². The maximum Gasteiger partial charge on any atom is 0.136 e. The largest absolute Gasteiger partial charge is 0.299 e. The van der Waals surface area contributed by atoms with Crippen molar-refractivity contribution in [3.05, 3.63) is 69.8 Å². The summed E-state index contributed by atoms with van der Waals surface area (Å²) in [6.07, 6.45) is 3.62. The van der Waals surface area contributed by atoms with Crippen LogP contribution in [0.1, 0.15) is 58.6 Å². The molecule has 2 aromatic carbocycles. The van der Waals surface area contributed by atoms with Crippen LogP contribution in [0.3, 0.4) is 0 Å². The molecule has 0 aliphatic heterocycles. The van der Waals surface area contributed by atoms with Crippen molar-refractivity contribution < 1.29 is 4.79 Å². The molecule has 1 heteroatoms. The van der Waals surface area contributed by atoms with E-state index in [0.717, 1.165) is 25.7 Å². The first-order valence-electron chi connectivity index (χ1n) is 9.10. The highest BCUT2D eigenvalue weighted by Gasteiger charge is 2.29. The van der Waals surface area contributed by atoms with Gasteiger partial charge in [-0.3, -0.25) is 4.79 Å². The zero-order valence-corrected chi connectivity index (χ0v) is 15.4. The zero-order chi connectivity index (χ0) is 17.3. The third kappa shape index (κ3) is 3.61. The molecule has 0 spiro atoms. The van der Waals surface area contributed by atoms with E-state index in [1.54, 1.807) is 0 Å². The molecular weight excluding hydrogens is 292 g/mol. The van der Waals surface area contributed by atoms with E-state index in [-0.39, 0.29) is 5.92 Å². The van der Waals surface area contributed by atoms with Crippen LogP contribution in [0.5, 0.6) is 0 Å². The summed E-state index contributed by atoms with van der Waals surface area (Å²) < 4.78 is 0. The number of hydrogen-bond acceptors (Lipinski definition) is 1. The Morgan fingerprint density at radius 1 is 0.875 bits per heavy atom. The lowest BCUT2D eigenvalue weighted by Gasteiger charge is -2.29. The molecule has 1 nitrogen and oxygen atoms in total. The van der Waals surface area contributed by atoms with Gasteiger partial charge >= 0.3 is 0 Å². The molecular formula is C23H28O. The second-order valence-corrected chi connectivity index (χ2v) is 7.60. The van der Waals surface area contributed by atoms with Crippen LogP contribution in [0.15, 0.2) is 36.4 Å². The van der Waals surface area contributed by atoms with E-state index in [1.807, 2.05) is 0 Å². The standard InChI is InChI=1S/C23H28O/c1-15-5-7-19(11-17(15)3)13-22-14-21(9-10-23(22)24)20-8-6-16(2)18(4)12-20/h5-8,11-12,21-22H,9-10,13-14H2,1-4H3/t21-,22+/m0/s1. The molecule has 0 bridgehead atoms. The number of ketones is 1. The van der Waals surface area contributed by atoms with Gasteiger partial charge in [0, 0.05) is 12.3 Å². The van der Waals surface area contributed by atoms with E-state index < -0.39 is 0 Å². The third-order valence-electron chi connectivity index (χ3n) is 5.82. The van der Waals surface area contributed by atoms with Crippen LogP contribution in [0.25, 0.3) is 0 Å². The predicted molar refractivity (Wildman–Crippen MR) is 101 cm³/mol. The average molecular weight is 320 g/mol. The number of Topliss-reactive ketones (excluding diaryl/α,β-unsaturated/α-hetero) is 1.